The Balaban J connectivity index is 1.84. The minimum absolute atomic E-state index is 0.0258. The van der Waals surface area contributed by atoms with Crippen LogP contribution in [0.4, 0.5) is 4.79 Å². The molecule has 4 nitrogen and oxygen atoms in total. The highest BCUT2D eigenvalue weighted by Gasteiger charge is 2.28. The van der Waals surface area contributed by atoms with Gasteiger partial charge < -0.3 is 10.1 Å². The van der Waals surface area contributed by atoms with Crippen molar-refractivity contribution in [3.05, 3.63) is 48.0 Å². The molecule has 1 aliphatic carbocycles. The molecule has 2 rings (SSSR count). The number of allylic oxidation sites excluding steroid dienone is 1. The summed E-state index contributed by atoms with van der Waals surface area (Å²) in [4.78, 5) is 23.4. The molecule has 0 heterocycles. The van der Waals surface area contributed by atoms with Crippen LogP contribution in [0.25, 0.3) is 0 Å². The van der Waals surface area contributed by atoms with Gasteiger partial charge in [0.2, 0.25) is 0 Å². The van der Waals surface area contributed by atoms with Crippen LogP contribution >= 0.6 is 0 Å². The second-order valence-corrected chi connectivity index (χ2v) is 5.28. The third kappa shape index (κ3) is 4.74. The lowest BCUT2D eigenvalue weighted by Gasteiger charge is -2.29. The molecule has 112 valence electrons. The van der Waals surface area contributed by atoms with Crippen LogP contribution in [0.5, 0.6) is 0 Å². The van der Waals surface area contributed by atoms with Crippen molar-refractivity contribution >= 4 is 11.9 Å². The van der Waals surface area contributed by atoms with Gasteiger partial charge in [0.05, 0.1) is 0 Å². The van der Waals surface area contributed by atoms with Gasteiger partial charge >= 0.3 is 6.09 Å². The maximum atomic E-state index is 11.9. The fourth-order valence-corrected chi connectivity index (χ4v) is 2.58. The van der Waals surface area contributed by atoms with Gasteiger partial charge in [0.15, 0.2) is 0 Å². The molecule has 1 aliphatic rings. The van der Waals surface area contributed by atoms with Gasteiger partial charge in [0.1, 0.15) is 12.4 Å². The first-order chi connectivity index (χ1) is 10.2. The summed E-state index contributed by atoms with van der Waals surface area (Å²) in [6, 6.07) is 9.54. The maximum absolute atomic E-state index is 11.9. The first-order valence-corrected chi connectivity index (χ1v) is 7.30. The number of nitrogens with one attached hydrogen (secondary N) is 1. The maximum Gasteiger partial charge on any atom is 0.407 e. The Hall–Kier alpha value is -2.10. The summed E-state index contributed by atoms with van der Waals surface area (Å²) in [5.74, 6) is 0.328. The second kappa shape index (κ2) is 7.62. The van der Waals surface area contributed by atoms with Crippen LogP contribution in [0.1, 0.15) is 31.7 Å². The van der Waals surface area contributed by atoms with Gasteiger partial charge in [0.25, 0.3) is 0 Å². The molecule has 1 aromatic carbocycles. The fraction of sp³-hybridized carbons (Fsp3) is 0.412. The zero-order valence-corrected chi connectivity index (χ0v) is 12.2. The van der Waals surface area contributed by atoms with Crippen LogP contribution in [0.3, 0.4) is 0 Å². The van der Waals surface area contributed by atoms with Crippen molar-refractivity contribution in [3.63, 3.8) is 0 Å². The normalized spacial score (nSPS) is 22.2. The highest BCUT2D eigenvalue weighted by atomic mass is 16.5. The van der Waals surface area contributed by atoms with Crippen molar-refractivity contribution in [1.29, 1.82) is 0 Å². The van der Waals surface area contributed by atoms with Crippen molar-refractivity contribution in [3.8, 4) is 0 Å². The van der Waals surface area contributed by atoms with E-state index in [4.69, 9.17) is 4.74 Å². The zero-order valence-electron chi connectivity index (χ0n) is 12.2. The highest BCUT2D eigenvalue weighted by molar-refractivity contribution is 5.80. The van der Waals surface area contributed by atoms with E-state index in [0.29, 0.717) is 19.3 Å². The molecule has 2 atom stereocenters. The van der Waals surface area contributed by atoms with E-state index in [-0.39, 0.29) is 24.3 Å². The number of rotatable bonds is 4. The number of benzene rings is 1. The third-order valence-electron chi connectivity index (χ3n) is 3.67. The van der Waals surface area contributed by atoms with E-state index in [9.17, 15) is 9.59 Å². The SMILES string of the molecule is CC=C[C@H]1CC(=O)CC[C@@H]1NC(=O)OCc1ccccc1. The van der Waals surface area contributed by atoms with Crippen molar-refractivity contribution < 1.29 is 14.3 Å². The standard InChI is InChI=1S/C17H21NO3/c1-2-6-14-11-15(19)9-10-16(14)18-17(20)21-12-13-7-4-3-5-8-13/h2-8,14,16H,9-12H2,1H3,(H,18,20)/t14-,16-/m0/s1. The van der Waals surface area contributed by atoms with Crippen molar-refractivity contribution in [2.45, 2.75) is 38.8 Å². The molecule has 1 N–H and O–H groups in total. The van der Waals surface area contributed by atoms with Gasteiger partial charge in [-0.15, -0.1) is 0 Å². The molecule has 0 bridgehead atoms. The number of Topliss-reactive ketones (excluding diaryl/α,β-unsaturated/α-hetero) is 1. The van der Waals surface area contributed by atoms with Crippen LogP contribution in [0, 0.1) is 5.92 Å². The first kappa shape index (κ1) is 15.3. The van der Waals surface area contributed by atoms with E-state index in [0.717, 1.165) is 5.56 Å². The minimum Gasteiger partial charge on any atom is -0.445 e. The monoisotopic (exact) mass is 287 g/mol. The van der Waals surface area contributed by atoms with Crippen LogP contribution < -0.4 is 5.32 Å². The topological polar surface area (TPSA) is 55.4 Å². The van der Waals surface area contributed by atoms with Gasteiger partial charge in [-0.25, -0.2) is 4.79 Å². The molecule has 0 aliphatic heterocycles. The number of hydrogen-bond donors (Lipinski definition) is 1. The van der Waals surface area contributed by atoms with Crippen LogP contribution in [-0.4, -0.2) is 17.9 Å². The Labute approximate surface area is 125 Å². The Kier molecular flexibility index (Phi) is 5.55. The number of ether oxygens (including phenoxy) is 1. The van der Waals surface area contributed by atoms with E-state index in [2.05, 4.69) is 5.32 Å². The second-order valence-electron chi connectivity index (χ2n) is 5.28. The summed E-state index contributed by atoms with van der Waals surface area (Å²) < 4.78 is 5.23. The average Bonchev–Trinajstić information content (AvgIpc) is 2.49. The van der Waals surface area contributed by atoms with E-state index in [1.807, 2.05) is 49.4 Å². The van der Waals surface area contributed by atoms with Gasteiger partial charge in [-0.2, -0.15) is 0 Å². The van der Waals surface area contributed by atoms with Crippen molar-refractivity contribution in [2.75, 3.05) is 0 Å². The number of carbonyl (C=O) groups excluding carboxylic acids is 2. The lowest BCUT2D eigenvalue weighted by molar-refractivity contribution is -0.121. The minimum atomic E-state index is -0.423. The van der Waals surface area contributed by atoms with E-state index in [1.165, 1.54) is 0 Å². The molecule has 0 unspecified atom stereocenters. The number of amides is 1. The van der Waals surface area contributed by atoms with Crippen LogP contribution in [-0.2, 0) is 16.1 Å². The Morgan fingerprint density at radius 2 is 2.14 bits per heavy atom. The molecule has 1 aromatic rings. The largest absolute Gasteiger partial charge is 0.445 e. The highest BCUT2D eigenvalue weighted by Crippen LogP contribution is 2.23. The van der Waals surface area contributed by atoms with Crippen molar-refractivity contribution in [2.24, 2.45) is 5.92 Å². The molecule has 0 spiro atoms. The molecule has 0 aromatic heterocycles. The Morgan fingerprint density at radius 3 is 2.86 bits per heavy atom. The number of ketones is 1. The summed E-state index contributed by atoms with van der Waals surface area (Å²) in [5.41, 5.74) is 0.955. The first-order valence-electron chi connectivity index (χ1n) is 7.30. The summed E-state index contributed by atoms with van der Waals surface area (Å²) in [6.45, 7) is 2.18. The average molecular weight is 287 g/mol. The molecule has 4 heteroatoms. The summed E-state index contributed by atoms with van der Waals surface area (Å²) in [6.07, 6.45) is 5.18. The van der Waals surface area contributed by atoms with E-state index in [1.54, 1.807) is 0 Å². The lowest BCUT2D eigenvalue weighted by atomic mass is 9.83. The molecule has 21 heavy (non-hydrogen) atoms. The van der Waals surface area contributed by atoms with E-state index >= 15 is 0 Å². The molecule has 0 radical (unpaired) electrons. The third-order valence-corrected chi connectivity index (χ3v) is 3.67. The lowest BCUT2D eigenvalue weighted by Crippen LogP contribution is -2.43. The van der Waals surface area contributed by atoms with Crippen LogP contribution in [0.2, 0.25) is 0 Å². The predicted octanol–water partition coefficient (Wildman–Crippen LogP) is 3.23. The number of alkyl carbamates (subject to hydrolysis) is 1. The number of carbonyl (C=O) groups is 2. The van der Waals surface area contributed by atoms with Gasteiger partial charge in [-0.3, -0.25) is 4.79 Å². The fourth-order valence-electron chi connectivity index (χ4n) is 2.58. The quantitative estimate of drug-likeness (QED) is 0.865. The van der Waals surface area contributed by atoms with E-state index < -0.39 is 6.09 Å². The van der Waals surface area contributed by atoms with Gasteiger partial charge in [-0.1, -0.05) is 42.5 Å². The zero-order chi connectivity index (χ0) is 15.1. The molecule has 1 saturated carbocycles. The Morgan fingerprint density at radius 1 is 1.38 bits per heavy atom. The molecule has 1 fully saturated rings. The Bertz CT molecular complexity index is 510. The summed E-state index contributed by atoms with van der Waals surface area (Å²) in [5, 5.41) is 2.88. The molecule has 0 saturated heterocycles. The van der Waals surface area contributed by atoms with Crippen LogP contribution in [0.15, 0.2) is 42.5 Å². The predicted molar refractivity (Wildman–Crippen MR) is 80.7 cm³/mol. The summed E-state index contributed by atoms with van der Waals surface area (Å²) in [7, 11) is 0. The molecule has 1 amide bonds. The van der Waals surface area contributed by atoms with Crippen molar-refractivity contribution in [1.82, 2.24) is 5.32 Å². The van der Waals surface area contributed by atoms with Gasteiger partial charge in [-0.05, 0) is 18.9 Å². The summed E-state index contributed by atoms with van der Waals surface area (Å²) >= 11 is 0. The molecular formula is C17H21NO3. The smallest absolute Gasteiger partial charge is 0.407 e. The molecular weight excluding hydrogens is 266 g/mol. The van der Waals surface area contributed by atoms with Gasteiger partial charge in [0, 0.05) is 24.8 Å². The number of hydrogen-bond acceptors (Lipinski definition) is 3.